The number of nitrogens with zero attached hydrogens (tertiary/aromatic N) is 3. The fourth-order valence-electron chi connectivity index (χ4n) is 4.66. The van der Waals surface area contributed by atoms with Crippen LogP contribution in [0.1, 0.15) is 45.9 Å². The number of likely N-dealkylation sites (tertiary alicyclic amines) is 1. The minimum Gasteiger partial charge on any atom is -0.465 e. The second-order valence-electron chi connectivity index (χ2n) is 9.15. The molecule has 1 aromatic carbocycles. The van der Waals surface area contributed by atoms with Crippen molar-refractivity contribution in [3.8, 4) is 0 Å². The van der Waals surface area contributed by atoms with Crippen LogP contribution in [0.2, 0.25) is 0 Å². The lowest BCUT2D eigenvalue weighted by Gasteiger charge is -2.35. The van der Waals surface area contributed by atoms with E-state index in [4.69, 9.17) is 4.74 Å². The van der Waals surface area contributed by atoms with Crippen molar-refractivity contribution in [2.45, 2.75) is 33.7 Å². The summed E-state index contributed by atoms with van der Waals surface area (Å²) >= 11 is 1.09. The average Bonchev–Trinajstić information content (AvgIpc) is 3.17. The number of amides is 2. The van der Waals surface area contributed by atoms with E-state index in [0.29, 0.717) is 51.3 Å². The molecule has 35 heavy (non-hydrogen) atoms. The minimum atomic E-state index is -0.569. The van der Waals surface area contributed by atoms with Gasteiger partial charge in [0.05, 0.1) is 35.0 Å². The first-order chi connectivity index (χ1) is 16.7. The maximum atomic E-state index is 13.2. The number of rotatable bonds is 5. The molecule has 1 aliphatic heterocycles. The largest absolute Gasteiger partial charge is 0.465 e. The topological polar surface area (TPSA) is 111 Å². The van der Waals surface area contributed by atoms with Crippen molar-refractivity contribution in [1.82, 2.24) is 14.5 Å². The fraction of sp³-hybridized carbons (Fsp3) is 0.400. The molecule has 184 valence electrons. The summed E-state index contributed by atoms with van der Waals surface area (Å²) in [6.45, 7) is 7.21. The number of hydrogen-bond donors (Lipinski definition) is 1. The molecule has 0 aliphatic carbocycles. The number of anilines is 1. The number of carbonyl (C=O) groups is 3. The summed E-state index contributed by atoms with van der Waals surface area (Å²) in [5.74, 6) is -0.299. The van der Waals surface area contributed by atoms with E-state index in [2.05, 4.69) is 24.1 Å². The van der Waals surface area contributed by atoms with Gasteiger partial charge >= 0.3 is 5.97 Å². The second kappa shape index (κ2) is 9.99. The third-order valence-electron chi connectivity index (χ3n) is 6.23. The number of fused-ring (bicyclic) bond motifs is 1. The van der Waals surface area contributed by atoms with Crippen LogP contribution in [0.5, 0.6) is 0 Å². The lowest BCUT2D eigenvalue weighted by atomic mass is 9.92. The van der Waals surface area contributed by atoms with E-state index < -0.39 is 11.9 Å². The van der Waals surface area contributed by atoms with Crippen molar-refractivity contribution >= 4 is 45.0 Å². The summed E-state index contributed by atoms with van der Waals surface area (Å²) in [6.07, 6.45) is 2.45. The average molecular weight is 497 g/mol. The van der Waals surface area contributed by atoms with Gasteiger partial charge in [-0.1, -0.05) is 26.0 Å². The maximum Gasteiger partial charge on any atom is 0.339 e. The molecule has 1 fully saturated rings. The number of benzene rings is 1. The summed E-state index contributed by atoms with van der Waals surface area (Å²) in [4.78, 5) is 58.1. The van der Waals surface area contributed by atoms with E-state index >= 15 is 0 Å². The predicted octanol–water partition coefficient (Wildman–Crippen LogP) is 3.31. The lowest BCUT2D eigenvalue weighted by Crippen LogP contribution is -2.44. The third-order valence-corrected chi connectivity index (χ3v) is 7.43. The molecule has 2 aromatic heterocycles. The van der Waals surface area contributed by atoms with E-state index in [1.54, 1.807) is 31.2 Å². The minimum absolute atomic E-state index is 0.0927. The van der Waals surface area contributed by atoms with Crippen LogP contribution in [0.3, 0.4) is 0 Å². The van der Waals surface area contributed by atoms with E-state index in [9.17, 15) is 19.2 Å². The quantitative estimate of drug-likeness (QED) is 0.543. The molecule has 3 aromatic rings. The summed E-state index contributed by atoms with van der Waals surface area (Å²) in [6, 6.07) is 6.53. The predicted molar refractivity (Wildman–Crippen MR) is 134 cm³/mol. The third kappa shape index (κ3) is 4.97. The first-order valence-corrected chi connectivity index (χ1v) is 12.3. The smallest absolute Gasteiger partial charge is 0.339 e. The molecule has 10 heteroatoms. The van der Waals surface area contributed by atoms with Crippen molar-refractivity contribution in [2.24, 2.45) is 11.8 Å². The molecule has 0 saturated carbocycles. The number of esters is 1. The molecule has 2 amide bonds. The molecular formula is C25H28N4O5S. The summed E-state index contributed by atoms with van der Waals surface area (Å²) in [5, 5.41) is 3.05. The highest BCUT2D eigenvalue weighted by Gasteiger charge is 2.26. The van der Waals surface area contributed by atoms with Crippen LogP contribution in [0.4, 0.5) is 5.69 Å². The molecule has 2 unspecified atom stereocenters. The molecule has 1 saturated heterocycles. The highest BCUT2D eigenvalue weighted by atomic mass is 32.1. The van der Waals surface area contributed by atoms with Gasteiger partial charge in [0, 0.05) is 13.1 Å². The number of ether oxygens (including phenoxy) is 1. The second-order valence-corrected chi connectivity index (χ2v) is 10.1. The van der Waals surface area contributed by atoms with Crippen molar-refractivity contribution in [3.05, 3.63) is 57.0 Å². The Morgan fingerprint density at radius 3 is 2.54 bits per heavy atom. The highest BCUT2D eigenvalue weighted by Crippen LogP contribution is 2.28. The number of hydrogen-bond acceptors (Lipinski definition) is 7. The zero-order chi connectivity index (χ0) is 25.3. The van der Waals surface area contributed by atoms with Gasteiger partial charge in [-0.15, -0.1) is 11.3 Å². The van der Waals surface area contributed by atoms with Gasteiger partial charge in [0.2, 0.25) is 5.91 Å². The number of aromatic nitrogens is 2. The van der Waals surface area contributed by atoms with Crippen molar-refractivity contribution < 1.29 is 19.1 Å². The van der Waals surface area contributed by atoms with Crippen LogP contribution in [0.15, 0.2) is 35.4 Å². The van der Waals surface area contributed by atoms with Gasteiger partial charge in [0.25, 0.3) is 11.5 Å². The Morgan fingerprint density at radius 2 is 1.86 bits per heavy atom. The van der Waals surface area contributed by atoms with Crippen LogP contribution >= 0.6 is 11.3 Å². The Bertz CT molecular complexity index is 1350. The zero-order valence-electron chi connectivity index (χ0n) is 20.2. The molecule has 2 atom stereocenters. The van der Waals surface area contributed by atoms with Crippen LogP contribution in [0.25, 0.3) is 10.2 Å². The van der Waals surface area contributed by atoms with Gasteiger partial charge in [0.15, 0.2) is 0 Å². The molecule has 0 spiro atoms. The van der Waals surface area contributed by atoms with Crippen LogP contribution in [-0.2, 0) is 16.1 Å². The number of nitrogens with one attached hydrogen (secondary N) is 1. The first kappa shape index (κ1) is 24.6. The van der Waals surface area contributed by atoms with Gasteiger partial charge in [-0.2, -0.15) is 0 Å². The zero-order valence-corrected chi connectivity index (χ0v) is 21.0. The summed E-state index contributed by atoms with van der Waals surface area (Å²) in [7, 11) is 1.27. The van der Waals surface area contributed by atoms with Crippen molar-refractivity contribution in [3.63, 3.8) is 0 Å². The van der Waals surface area contributed by atoms with Crippen LogP contribution in [-0.4, -0.2) is 52.4 Å². The monoisotopic (exact) mass is 496 g/mol. The van der Waals surface area contributed by atoms with E-state index in [1.165, 1.54) is 18.0 Å². The molecule has 3 heterocycles. The molecule has 1 aliphatic rings. The maximum absolute atomic E-state index is 13.2. The highest BCUT2D eigenvalue weighted by molar-refractivity contribution is 7.20. The number of methoxy groups -OCH3 is 1. The Kier molecular flexibility index (Phi) is 7.02. The lowest BCUT2D eigenvalue weighted by molar-refractivity contribution is -0.134. The van der Waals surface area contributed by atoms with Gasteiger partial charge < -0.3 is 15.0 Å². The van der Waals surface area contributed by atoms with Gasteiger partial charge in [0.1, 0.15) is 11.4 Å². The fourth-order valence-corrected chi connectivity index (χ4v) is 5.69. The molecule has 9 nitrogen and oxygen atoms in total. The normalized spacial score (nSPS) is 17.9. The van der Waals surface area contributed by atoms with E-state index in [-0.39, 0.29) is 23.6 Å². The molecular weight excluding hydrogens is 468 g/mol. The standard InChI is InChI=1S/C25H28N4O5S/c1-14-9-15(2)11-28(10-14)19(30)12-29-13-26-23-20(24(29)32)16(3)21(35-23)22(31)27-18-8-6-5-7-17(18)25(33)34-4/h5-8,13-15H,9-12H2,1-4H3,(H,27,31). The number of thiophene rings is 1. The van der Waals surface area contributed by atoms with Crippen LogP contribution in [0, 0.1) is 18.8 Å². The van der Waals surface area contributed by atoms with Crippen LogP contribution < -0.4 is 10.9 Å². The van der Waals surface area contributed by atoms with E-state index in [1.807, 2.05) is 4.90 Å². The van der Waals surface area contributed by atoms with Crippen molar-refractivity contribution in [1.29, 1.82) is 0 Å². The summed E-state index contributed by atoms with van der Waals surface area (Å²) < 4.78 is 6.09. The Hall–Kier alpha value is -3.53. The van der Waals surface area contributed by atoms with Crippen molar-refractivity contribution in [2.75, 3.05) is 25.5 Å². The summed E-state index contributed by atoms with van der Waals surface area (Å²) in [5.41, 5.74) is 0.659. The number of carbonyl (C=O) groups excluding carboxylic acids is 3. The number of para-hydroxylation sites is 1. The Balaban J connectivity index is 1.60. The molecule has 1 N–H and O–H groups in total. The number of piperidine rings is 1. The molecule has 0 bridgehead atoms. The van der Waals surface area contributed by atoms with Gasteiger partial charge in [-0.25, -0.2) is 9.78 Å². The first-order valence-electron chi connectivity index (χ1n) is 11.4. The van der Waals surface area contributed by atoms with Gasteiger partial charge in [-0.05, 0) is 42.9 Å². The van der Waals surface area contributed by atoms with Gasteiger partial charge in [-0.3, -0.25) is 19.0 Å². The SMILES string of the molecule is COC(=O)c1ccccc1NC(=O)c1sc2ncn(CC(=O)N3CC(C)CC(C)C3)c(=O)c2c1C. The number of aryl methyl sites for hydroxylation is 1. The Morgan fingerprint density at radius 1 is 1.17 bits per heavy atom. The molecule has 0 radical (unpaired) electrons. The molecule has 4 rings (SSSR count). The Labute approximate surface area is 206 Å². The van der Waals surface area contributed by atoms with E-state index in [0.717, 1.165) is 17.8 Å².